The zero-order chi connectivity index (χ0) is 28.5. The van der Waals surface area contributed by atoms with Gasteiger partial charge in [0.15, 0.2) is 0 Å². The molecule has 0 unspecified atom stereocenters. The maximum Gasteiger partial charge on any atom is 0.115 e. The fourth-order valence-electron chi connectivity index (χ4n) is 5.38. The van der Waals surface area contributed by atoms with Gasteiger partial charge in [0.2, 0.25) is 0 Å². The molecule has 39 heavy (non-hydrogen) atoms. The summed E-state index contributed by atoms with van der Waals surface area (Å²) in [4.78, 5) is 0. The first-order valence-electron chi connectivity index (χ1n) is 13.4. The smallest absolute Gasteiger partial charge is 0.115 e. The third kappa shape index (κ3) is 8.60. The van der Waals surface area contributed by atoms with Crippen molar-refractivity contribution in [2.45, 2.75) is 47.0 Å². The van der Waals surface area contributed by atoms with Crippen molar-refractivity contribution in [1.29, 1.82) is 0 Å². The van der Waals surface area contributed by atoms with Crippen molar-refractivity contribution in [2.24, 2.45) is 5.41 Å². The van der Waals surface area contributed by atoms with E-state index in [2.05, 4.69) is 137 Å². The van der Waals surface area contributed by atoms with Crippen LogP contribution in [0.5, 0.6) is 0 Å². The molecule has 0 bridgehead atoms. The molecule has 0 aromatic heterocycles. The summed E-state index contributed by atoms with van der Waals surface area (Å²) in [6.07, 6.45) is 12.7. The third-order valence-corrected chi connectivity index (χ3v) is 11.6. The summed E-state index contributed by atoms with van der Waals surface area (Å²) in [6.45, 7) is 9.37. The highest BCUT2D eigenvalue weighted by Crippen LogP contribution is 2.55. The Morgan fingerprint density at radius 3 is 1.67 bits per heavy atom. The van der Waals surface area contributed by atoms with Gasteiger partial charge in [-0.25, -0.2) is 8.42 Å². The minimum absolute atomic E-state index is 0.272. The average molecular weight is 561 g/mol. The van der Waals surface area contributed by atoms with Gasteiger partial charge in [-0.2, -0.15) is 0 Å². The molecule has 0 saturated carbocycles. The van der Waals surface area contributed by atoms with E-state index in [1.807, 2.05) is 0 Å². The summed E-state index contributed by atoms with van der Waals surface area (Å²) in [6, 6.07) is 33.4. The van der Waals surface area contributed by atoms with Crippen LogP contribution in [-0.4, -0.2) is 25.4 Å². The molecule has 0 aliphatic heterocycles. The summed E-state index contributed by atoms with van der Waals surface area (Å²) in [5.41, 5.74) is 4.70. The van der Waals surface area contributed by atoms with Crippen LogP contribution in [0.15, 0.2) is 126 Å². The molecule has 206 valence electrons. The molecule has 1 aliphatic carbocycles. The Kier molecular flexibility index (Phi) is 10.7. The molecule has 5 heteroatoms. The van der Waals surface area contributed by atoms with Gasteiger partial charge >= 0.3 is 0 Å². The van der Waals surface area contributed by atoms with Gasteiger partial charge in [-0.1, -0.05) is 91.7 Å². The first kappa shape index (κ1) is 30.8. The van der Waals surface area contributed by atoms with E-state index in [0.717, 1.165) is 6.16 Å². The second-order valence-corrected chi connectivity index (χ2v) is 15.9. The average Bonchev–Trinajstić information content (AvgIpc) is 2.89. The normalized spacial score (nSPS) is 16.1. The second-order valence-electron chi connectivity index (χ2n) is 10.9. The van der Waals surface area contributed by atoms with E-state index in [1.165, 1.54) is 46.3 Å². The minimum atomic E-state index is -3.92. The Balaban J connectivity index is 0.000000771. The monoisotopic (exact) mass is 560 g/mol. The van der Waals surface area contributed by atoms with Crippen LogP contribution in [0.3, 0.4) is 0 Å². The SMILES string of the molecule is CC1=C(/C=C/C(C)=C/C[P+](c2ccccc2)(c2ccccc2)c2ccccc2)C(C)(C)CCC1.CS(=O)(=O)[O-]. The maximum absolute atomic E-state index is 9.08. The van der Waals surface area contributed by atoms with E-state index in [4.69, 9.17) is 13.0 Å². The van der Waals surface area contributed by atoms with Crippen molar-refractivity contribution >= 4 is 33.3 Å². The molecule has 4 rings (SSSR count). The first-order chi connectivity index (χ1) is 18.4. The molecule has 0 heterocycles. The van der Waals surface area contributed by atoms with Crippen LogP contribution in [0.2, 0.25) is 0 Å². The quantitative estimate of drug-likeness (QED) is 0.175. The molecule has 0 N–H and O–H groups in total. The minimum Gasteiger partial charge on any atom is -0.748 e. The Morgan fingerprint density at radius 1 is 0.872 bits per heavy atom. The highest BCUT2D eigenvalue weighted by atomic mass is 32.2. The van der Waals surface area contributed by atoms with Gasteiger partial charge in [-0.05, 0) is 86.6 Å². The number of allylic oxidation sites excluding steroid dienone is 6. The van der Waals surface area contributed by atoms with E-state index in [9.17, 15) is 0 Å². The summed E-state index contributed by atoms with van der Waals surface area (Å²) in [7, 11) is -5.74. The standard InChI is InChI=1S/C33H38P.CH4O3S/c1-27(22-23-32-28(2)15-14-25-33(32,3)4)24-26-34(29-16-8-5-9-17-29,30-18-10-6-11-19-30)31-20-12-7-13-21-31;1-5(2,3)4/h5-13,16-24H,14-15,25-26H2,1-4H3;1H3,(H,2,3,4)/q+1;/p-1/b23-22+,27-24+;. The second kappa shape index (κ2) is 13.5. The highest BCUT2D eigenvalue weighted by Gasteiger charge is 2.44. The molecule has 1 aliphatic rings. The van der Waals surface area contributed by atoms with Crippen molar-refractivity contribution in [2.75, 3.05) is 12.4 Å². The maximum atomic E-state index is 9.08. The summed E-state index contributed by atoms with van der Waals surface area (Å²) >= 11 is 0. The van der Waals surface area contributed by atoms with Crippen molar-refractivity contribution in [3.8, 4) is 0 Å². The Labute approximate surface area is 236 Å². The van der Waals surface area contributed by atoms with Crippen molar-refractivity contribution < 1.29 is 13.0 Å². The van der Waals surface area contributed by atoms with E-state index in [1.54, 1.807) is 5.57 Å². The predicted molar refractivity (Wildman–Crippen MR) is 169 cm³/mol. The van der Waals surface area contributed by atoms with E-state index in [0.29, 0.717) is 6.26 Å². The zero-order valence-electron chi connectivity index (χ0n) is 23.8. The third-order valence-electron chi connectivity index (χ3n) is 7.33. The Bertz CT molecular complexity index is 1300. The predicted octanol–water partition coefficient (Wildman–Crippen LogP) is 7.17. The fraction of sp³-hybridized carbons (Fsp3) is 0.294. The van der Waals surface area contributed by atoms with Gasteiger partial charge < -0.3 is 4.55 Å². The molecule has 3 aromatic carbocycles. The van der Waals surface area contributed by atoms with Crippen molar-refractivity contribution in [1.82, 2.24) is 0 Å². The molecule has 0 spiro atoms. The molecule has 0 saturated heterocycles. The molecule has 3 aromatic rings. The lowest BCUT2D eigenvalue weighted by atomic mass is 9.72. The summed E-state index contributed by atoms with van der Waals surface area (Å²) in [5, 5.41) is 4.31. The van der Waals surface area contributed by atoms with Crippen LogP contribution in [0.25, 0.3) is 0 Å². The number of rotatable bonds is 7. The molecular formula is C34H41O3PS. The summed E-state index contributed by atoms with van der Waals surface area (Å²) < 4.78 is 27.2. The van der Waals surface area contributed by atoms with Crippen molar-refractivity contribution in [3.63, 3.8) is 0 Å². The van der Waals surface area contributed by atoms with E-state index >= 15 is 0 Å². The first-order valence-corrected chi connectivity index (χ1v) is 17.2. The molecule has 0 fully saturated rings. The van der Waals surface area contributed by atoms with Crippen LogP contribution in [-0.2, 0) is 10.1 Å². The van der Waals surface area contributed by atoms with Gasteiger partial charge in [0, 0.05) is 6.26 Å². The highest BCUT2D eigenvalue weighted by molar-refractivity contribution is 7.95. The van der Waals surface area contributed by atoms with E-state index in [-0.39, 0.29) is 5.41 Å². The number of hydrogen-bond acceptors (Lipinski definition) is 3. The number of hydrogen-bond donors (Lipinski definition) is 0. The van der Waals surface area contributed by atoms with Crippen LogP contribution < -0.4 is 15.9 Å². The topological polar surface area (TPSA) is 57.2 Å². The van der Waals surface area contributed by atoms with Crippen molar-refractivity contribution in [3.05, 3.63) is 126 Å². The molecular weight excluding hydrogens is 519 g/mol. The van der Waals surface area contributed by atoms with Gasteiger partial charge in [0.25, 0.3) is 0 Å². The molecule has 0 amide bonds. The van der Waals surface area contributed by atoms with Crippen LogP contribution in [0.1, 0.15) is 47.0 Å². The van der Waals surface area contributed by atoms with Crippen LogP contribution in [0, 0.1) is 5.41 Å². The molecule has 0 atom stereocenters. The number of benzene rings is 3. The largest absolute Gasteiger partial charge is 0.748 e. The van der Waals surface area contributed by atoms with Gasteiger partial charge in [0.05, 0.1) is 16.3 Å². The molecule has 3 nitrogen and oxygen atoms in total. The van der Waals surface area contributed by atoms with Crippen LogP contribution in [0.4, 0.5) is 0 Å². The molecule has 0 radical (unpaired) electrons. The fourth-order valence-corrected chi connectivity index (χ4v) is 9.52. The van der Waals surface area contributed by atoms with Gasteiger partial charge in [-0.15, -0.1) is 0 Å². The van der Waals surface area contributed by atoms with Crippen LogP contribution >= 0.6 is 7.26 Å². The van der Waals surface area contributed by atoms with Gasteiger partial charge in [-0.3, -0.25) is 0 Å². The lowest BCUT2D eigenvalue weighted by molar-refractivity contribution is 0.377. The zero-order valence-corrected chi connectivity index (χ0v) is 25.5. The Hall–Kier alpha value is -2.78. The lowest BCUT2D eigenvalue weighted by Crippen LogP contribution is -2.33. The van der Waals surface area contributed by atoms with Gasteiger partial charge in [0.1, 0.15) is 23.2 Å². The lowest BCUT2D eigenvalue weighted by Gasteiger charge is -2.33. The summed E-state index contributed by atoms with van der Waals surface area (Å²) in [5.74, 6) is 0. The van der Waals surface area contributed by atoms with E-state index < -0.39 is 17.4 Å². The Morgan fingerprint density at radius 2 is 1.28 bits per heavy atom.